The van der Waals surface area contributed by atoms with Crippen molar-refractivity contribution < 1.29 is 31.6 Å². The minimum absolute atomic E-state index is 0.348. The van der Waals surface area contributed by atoms with Crippen molar-refractivity contribution in [1.29, 1.82) is 0 Å². The maximum atomic E-state index is 13.4. The fourth-order valence-electron chi connectivity index (χ4n) is 1.30. The lowest BCUT2D eigenvalue weighted by Crippen LogP contribution is -2.04. The molecule has 102 valence electrons. The largest absolute Gasteiger partial charge is 0.385 e. The summed E-state index contributed by atoms with van der Waals surface area (Å²) in [5.74, 6) is -12.0. The van der Waals surface area contributed by atoms with E-state index in [2.05, 4.69) is 14.7 Å². The Balaban J connectivity index is 2.68. The van der Waals surface area contributed by atoms with E-state index in [0.29, 0.717) is 0 Å². The molecule has 2 rings (SSSR count). The zero-order chi connectivity index (χ0) is 14.3. The minimum atomic E-state index is -2.28. The summed E-state index contributed by atoms with van der Waals surface area (Å²) in [5.41, 5.74) is -1.34. The van der Waals surface area contributed by atoms with Gasteiger partial charge in [0.1, 0.15) is 11.7 Å². The van der Waals surface area contributed by atoms with Gasteiger partial charge in [-0.2, -0.15) is 4.98 Å². The third-order valence-electron chi connectivity index (χ3n) is 2.24. The first kappa shape index (κ1) is 13.4. The van der Waals surface area contributed by atoms with Gasteiger partial charge in [0.15, 0.2) is 29.1 Å². The number of hydrogen-bond acceptors (Lipinski definition) is 4. The fraction of sp³-hybridized carbons (Fsp3) is 0.200. The summed E-state index contributed by atoms with van der Waals surface area (Å²) in [6.45, 7) is 1.23. The molecule has 9 heteroatoms. The third kappa shape index (κ3) is 2.05. The van der Waals surface area contributed by atoms with Crippen molar-refractivity contribution >= 4 is 0 Å². The number of hydrogen-bond donors (Lipinski definition) is 1. The van der Waals surface area contributed by atoms with Crippen LogP contribution in [0.1, 0.15) is 18.9 Å². The van der Waals surface area contributed by atoms with Gasteiger partial charge in [-0.25, -0.2) is 22.0 Å². The monoisotopic (exact) mass is 280 g/mol. The van der Waals surface area contributed by atoms with Gasteiger partial charge >= 0.3 is 0 Å². The second-order valence-corrected chi connectivity index (χ2v) is 3.58. The molecule has 0 aliphatic heterocycles. The van der Waals surface area contributed by atoms with Crippen LogP contribution in [-0.4, -0.2) is 15.2 Å². The molecular weight excluding hydrogens is 275 g/mol. The number of benzene rings is 1. The average Bonchev–Trinajstić information content (AvgIpc) is 2.84. The van der Waals surface area contributed by atoms with E-state index in [1.54, 1.807) is 0 Å². The van der Waals surface area contributed by atoms with E-state index in [9.17, 15) is 22.0 Å². The molecule has 0 saturated carbocycles. The van der Waals surface area contributed by atoms with Crippen LogP contribution in [0.15, 0.2) is 4.52 Å². The van der Waals surface area contributed by atoms with Crippen molar-refractivity contribution in [2.45, 2.75) is 13.0 Å². The van der Waals surface area contributed by atoms with Crippen molar-refractivity contribution in [1.82, 2.24) is 10.1 Å². The Kier molecular flexibility index (Phi) is 3.23. The van der Waals surface area contributed by atoms with Gasteiger partial charge in [0.25, 0.3) is 5.89 Å². The van der Waals surface area contributed by atoms with Crippen molar-refractivity contribution in [2.75, 3.05) is 0 Å². The Morgan fingerprint density at radius 3 is 1.84 bits per heavy atom. The van der Waals surface area contributed by atoms with Crippen molar-refractivity contribution in [3.05, 3.63) is 34.9 Å². The van der Waals surface area contributed by atoms with E-state index in [1.807, 2.05) is 0 Å². The Hall–Kier alpha value is -2.03. The molecule has 0 aliphatic rings. The van der Waals surface area contributed by atoms with Gasteiger partial charge in [-0.3, -0.25) is 0 Å². The molecule has 4 nitrogen and oxygen atoms in total. The van der Waals surface area contributed by atoms with Crippen LogP contribution >= 0.6 is 0 Å². The highest BCUT2D eigenvalue weighted by atomic mass is 19.2. The number of aromatic nitrogens is 2. The van der Waals surface area contributed by atoms with Crippen LogP contribution in [0.5, 0.6) is 0 Å². The summed E-state index contributed by atoms with van der Waals surface area (Å²) in [5, 5.41) is 12.2. The predicted molar refractivity (Wildman–Crippen MR) is 50.2 cm³/mol. The molecule has 0 aliphatic carbocycles. The Morgan fingerprint density at radius 2 is 1.42 bits per heavy atom. The fourth-order valence-corrected chi connectivity index (χ4v) is 1.30. The summed E-state index contributed by atoms with van der Waals surface area (Å²) >= 11 is 0. The second kappa shape index (κ2) is 4.57. The highest BCUT2D eigenvalue weighted by Gasteiger charge is 2.30. The summed E-state index contributed by atoms with van der Waals surface area (Å²) in [4.78, 5) is 3.35. The number of nitrogens with zero attached hydrogens (tertiary/aromatic N) is 2. The van der Waals surface area contributed by atoms with Crippen LogP contribution < -0.4 is 0 Å². The summed E-state index contributed by atoms with van der Waals surface area (Å²) in [7, 11) is 0. The summed E-state index contributed by atoms with van der Waals surface area (Å²) in [6, 6.07) is 0. The lowest BCUT2D eigenvalue weighted by molar-refractivity contribution is 0.184. The molecule has 1 unspecified atom stereocenters. The molecule has 2 aromatic rings. The van der Waals surface area contributed by atoms with Crippen LogP contribution in [0.2, 0.25) is 0 Å². The smallest absolute Gasteiger partial charge is 0.264 e. The lowest BCUT2D eigenvalue weighted by atomic mass is 10.1. The van der Waals surface area contributed by atoms with E-state index in [1.165, 1.54) is 6.92 Å². The van der Waals surface area contributed by atoms with Crippen LogP contribution in [0.4, 0.5) is 22.0 Å². The average molecular weight is 280 g/mol. The van der Waals surface area contributed by atoms with Crippen LogP contribution in [0, 0.1) is 29.1 Å². The van der Waals surface area contributed by atoms with Gasteiger partial charge in [-0.05, 0) is 6.92 Å². The summed E-state index contributed by atoms with van der Waals surface area (Å²) < 4.78 is 69.9. The zero-order valence-corrected chi connectivity index (χ0v) is 9.22. The first-order chi connectivity index (χ1) is 8.84. The zero-order valence-electron chi connectivity index (χ0n) is 9.22. The molecule has 1 atom stereocenters. The highest BCUT2D eigenvalue weighted by molar-refractivity contribution is 5.55. The molecule has 0 bridgehead atoms. The number of halogens is 5. The molecule has 0 radical (unpaired) electrons. The maximum Gasteiger partial charge on any atom is 0.264 e. The Labute approximate surface area is 102 Å². The van der Waals surface area contributed by atoms with Gasteiger partial charge in [0.05, 0.1) is 0 Å². The molecule has 0 spiro atoms. The molecule has 1 aromatic heterocycles. The third-order valence-corrected chi connectivity index (χ3v) is 2.24. The van der Waals surface area contributed by atoms with Gasteiger partial charge in [0.2, 0.25) is 5.82 Å². The molecule has 0 amide bonds. The highest BCUT2D eigenvalue weighted by Crippen LogP contribution is 2.30. The van der Waals surface area contributed by atoms with Crippen molar-refractivity contribution in [3.63, 3.8) is 0 Å². The molecular formula is C10H5F5N2O2. The first-order valence-corrected chi connectivity index (χ1v) is 4.88. The van der Waals surface area contributed by atoms with E-state index in [4.69, 9.17) is 5.11 Å². The molecule has 19 heavy (non-hydrogen) atoms. The van der Waals surface area contributed by atoms with Crippen molar-refractivity contribution in [3.8, 4) is 11.5 Å². The van der Waals surface area contributed by atoms with Gasteiger partial charge in [-0.15, -0.1) is 0 Å². The summed E-state index contributed by atoms with van der Waals surface area (Å²) in [6.07, 6.45) is -1.22. The molecule has 0 saturated heterocycles. The van der Waals surface area contributed by atoms with E-state index in [-0.39, 0.29) is 5.82 Å². The Bertz CT molecular complexity index is 612. The number of aliphatic hydroxyl groups is 1. The standard InChI is InChI=1S/C10H5F5N2O2/c1-2(18)9-16-10(19-17-9)3-4(11)6(13)8(15)7(14)5(3)12/h2,18H,1H3. The molecule has 0 fully saturated rings. The molecule has 1 N–H and O–H groups in total. The van der Waals surface area contributed by atoms with E-state index in [0.717, 1.165) is 0 Å². The minimum Gasteiger partial charge on any atom is -0.385 e. The number of aliphatic hydroxyl groups excluding tert-OH is 1. The van der Waals surface area contributed by atoms with Crippen LogP contribution in [0.3, 0.4) is 0 Å². The SMILES string of the molecule is CC(O)c1noc(-c2c(F)c(F)c(F)c(F)c2F)n1. The first-order valence-electron chi connectivity index (χ1n) is 4.88. The second-order valence-electron chi connectivity index (χ2n) is 3.58. The van der Waals surface area contributed by atoms with Gasteiger partial charge < -0.3 is 9.63 Å². The topological polar surface area (TPSA) is 59.2 Å². The van der Waals surface area contributed by atoms with Gasteiger partial charge in [-0.1, -0.05) is 5.16 Å². The predicted octanol–water partition coefficient (Wildman–Crippen LogP) is 2.49. The molecule has 1 aromatic carbocycles. The van der Waals surface area contributed by atoms with Crippen molar-refractivity contribution in [2.24, 2.45) is 0 Å². The van der Waals surface area contributed by atoms with E-state index >= 15 is 0 Å². The number of rotatable bonds is 2. The maximum absolute atomic E-state index is 13.4. The lowest BCUT2D eigenvalue weighted by Gasteiger charge is -2.03. The quantitative estimate of drug-likeness (QED) is 0.521. The van der Waals surface area contributed by atoms with Gasteiger partial charge in [0, 0.05) is 0 Å². The normalized spacial score (nSPS) is 12.8. The van der Waals surface area contributed by atoms with Crippen LogP contribution in [0.25, 0.3) is 11.5 Å². The molecule has 1 heterocycles. The van der Waals surface area contributed by atoms with Crippen LogP contribution in [-0.2, 0) is 0 Å². The Morgan fingerprint density at radius 1 is 0.947 bits per heavy atom. The van der Waals surface area contributed by atoms with E-state index < -0.39 is 46.6 Å².